The number of carbonyl (C=O) groups is 1. The van der Waals surface area contributed by atoms with E-state index in [9.17, 15) is 18.0 Å². The number of alkyl halides is 3. The van der Waals surface area contributed by atoms with Crippen molar-refractivity contribution in [2.24, 2.45) is 5.92 Å². The normalized spacial score (nSPS) is 13.0. The molecule has 0 radical (unpaired) electrons. The van der Waals surface area contributed by atoms with Crippen LogP contribution in [-0.4, -0.2) is 16.0 Å². The molecule has 142 valence electrons. The van der Waals surface area contributed by atoms with E-state index in [4.69, 9.17) is 0 Å². The number of imidazole rings is 1. The minimum atomic E-state index is -4.56. The van der Waals surface area contributed by atoms with Crippen LogP contribution >= 0.6 is 0 Å². The van der Waals surface area contributed by atoms with E-state index in [2.05, 4.69) is 20.6 Å². The van der Waals surface area contributed by atoms with Gasteiger partial charge in [0.25, 0.3) is 0 Å². The summed E-state index contributed by atoms with van der Waals surface area (Å²) in [6, 6.07) is 11.1. The first-order valence-electron chi connectivity index (χ1n) is 8.44. The number of hydrogen-bond donors (Lipinski definition) is 3. The number of H-pyrrole nitrogens is 1. The van der Waals surface area contributed by atoms with Gasteiger partial charge in [-0.15, -0.1) is 0 Å². The highest BCUT2D eigenvalue weighted by atomic mass is 19.4. The SMILES string of the molecule is CC(C)C(NC(=O)Nc1ccccc1C(F)(F)F)c1nc2ccccc2[nH]1. The Morgan fingerprint density at radius 2 is 1.74 bits per heavy atom. The molecule has 0 saturated heterocycles. The monoisotopic (exact) mass is 376 g/mol. The highest BCUT2D eigenvalue weighted by Crippen LogP contribution is 2.34. The molecule has 1 atom stereocenters. The molecular weight excluding hydrogens is 357 g/mol. The summed E-state index contributed by atoms with van der Waals surface area (Å²) in [4.78, 5) is 20.0. The predicted octanol–water partition coefficient (Wildman–Crippen LogP) is 5.10. The van der Waals surface area contributed by atoms with E-state index in [1.54, 1.807) is 0 Å². The standard InChI is InChI=1S/C19H19F3N4O/c1-11(2)16(17-23-14-9-5-6-10-15(14)24-17)26-18(27)25-13-8-4-3-7-12(13)19(20,21)22/h3-11,16H,1-2H3,(H,23,24)(H2,25,26,27). The molecule has 5 nitrogen and oxygen atoms in total. The number of anilines is 1. The maximum atomic E-state index is 13.1. The Morgan fingerprint density at radius 3 is 2.41 bits per heavy atom. The van der Waals surface area contributed by atoms with Gasteiger partial charge in [-0.3, -0.25) is 0 Å². The highest BCUT2D eigenvalue weighted by Gasteiger charge is 2.33. The van der Waals surface area contributed by atoms with Crippen molar-refractivity contribution in [3.63, 3.8) is 0 Å². The Balaban J connectivity index is 1.81. The number of amides is 2. The van der Waals surface area contributed by atoms with E-state index >= 15 is 0 Å². The zero-order valence-corrected chi connectivity index (χ0v) is 14.8. The number of urea groups is 1. The molecule has 0 aliphatic rings. The highest BCUT2D eigenvalue weighted by molar-refractivity contribution is 5.90. The maximum Gasteiger partial charge on any atom is 0.418 e. The van der Waals surface area contributed by atoms with Crippen molar-refractivity contribution in [1.82, 2.24) is 15.3 Å². The van der Waals surface area contributed by atoms with Gasteiger partial charge in [-0.25, -0.2) is 9.78 Å². The van der Waals surface area contributed by atoms with Gasteiger partial charge in [0.15, 0.2) is 0 Å². The number of carbonyl (C=O) groups excluding carboxylic acids is 1. The molecule has 0 saturated carbocycles. The summed E-state index contributed by atoms with van der Waals surface area (Å²) in [6.07, 6.45) is -4.56. The van der Waals surface area contributed by atoms with Crippen molar-refractivity contribution in [2.75, 3.05) is 5.32 Å². The molecule has 3 aromatic rings. The minimum Gasteiger partial charge on any atom is -0.340 e. The first kappa shape index (κ1) is 18.8. The fourth-order valence-corrected chi connectivity index (χ4v) is 2.81. The largest absolute Gasteiger partial charge is 0.418 e. The molecule has 1 heterocycles. The van der Waals surface area contributed by atoms with Gasteiger partial charge in [0, 0.05) is 0 Å². The Kier molecular flexibility index (Phi) is 5.07. The van der Waals surface area contributed by atoms with Gasteiger partial charge in [0.05, 0.1) is 28.3 Å². The van der Waals surface area contributed by atoms with Gasteiger partial charge in [-0.1, -0.05) is 38.1 Å². The first-order valence-corrected chi connectivity index (χ1v) is 8.44. The van der Waals surface area contributed by atoms with E-state index in [1.807, 2.05) is 38.1 Å². The molecule has 8 heteroatoms. The number of nitrogens with one attached hydrogen (secondary N) is 3. The quantitative estimate of drug-likeness (QED) is 0.593. The number of aromatic nitrogens is 2. The van der Waals surface area contributed by atoms with Crippen LogP contribution in [0.4, 0.5) is 23.7 Å². The van der Waals surface area contributed by atoms with Gasteiger partial charge in [0.1, 0.15) is 5.82 Å². The lowest BCUT2D eigenvalue weighted by Crippen LogP contribution is -2.36. The number of hydrogen-bond acceptors (Lipinski definition) is 2. The average molecular weight is 376 g/mol. The van der Waals surface area contributed by atoms with Crippen molar-refractivity contribution in [1.29, 1.82) is 0 Å². The third kappa shape index (κ3) is 4.21. The smallest absolute Gasteiger partial charge is 0.340 e. The third-order valence-electron chi connectivity index (χ3n) is 4.14. The summed E-state index contributed by atoms with van der Waals surface area (Å²) in [5.41, 5.74) is 0.380. The Hall–Kier alpha value is -3.03. The summed E-state index contributed by atoms with van der Waals surface area (Å²) in [6.45, 7) is 3.78. The van der Waals surface area contributed by atoms with Gasteiger partial charge in [0.2, 0.25) is 0 Å². The van der Waals surface area contributed by atoms with Crippen LogP contribution in [0.3, 0.4) is 0 Å². The van der Waals surface area contributed by atoms with Crippen LogP contribution in [0.2, 0.25) is 0 Å². The lowest BCUT2D eigenvalue weighted by Gasteiger charge is -2.21. The Morgan fingerprint density at radius 1 is 1.07 bits per heavy atom. The third-order valence-corrected chi connectivity index (χ3v) is 4.14. The number of para-hydroxylation sites is 3. The van der Waals surface area contributed by atoms with Gasteiger partial charge in [-0.2, -0.15) is 13.2 Å². The number of nitrogens with zero attached hydrogens (tertiary/aromatic N) is 1. The Bertz CT molecular complexity index is 916. The lowest BCUT2D eigenvalue weighted by atomic mass is 10.0. The second kappa shape index (κ2) is 7.30. The summed E-state index contributed by atoms with van der Waals surface area (Å²) in [7, 11) is 0. The van der Waals surface area contributed by atoms with E-state index in [0.29, 0.717) is 5.82 Å². The zero-order valence-electron chi connectivity index (χ0n) is 14.8. The molecule has 0 fully saturated rings. The van der Waals surface area contributed by atoms with Crippen LogP contribution in [-0.2, 0) is 6.18 Å². The molecule has 0 aliphatic heterocycles. The minimum absolute atomic E-state index is 0.0332. The molecule has 0 aliphatic carbocycles. The summed E-state index contributed by atoms with van der Waals surface area (Å²) >= 11 is 0. The van der Waals surface area contributed by atoms with Crippen LogP contribution < -0.4 is 10.6 Å². The Labute approximate surface area is 154 Å². The van der Waals surface area contributed by atoms with Crippen molar-refractivity contribution in [3.05, 3.63) is 59.9 Å². The fraction of sp³-hybridized carbons (Fsp3) is 0.263. The molecule has 0 bridgehead atoms. The molecule has 27 heavy (non-hydrogen) atoms. The summed E-state index contributed by atoms with van der Waals surface area (Å²) in [5.74, 6) is 0.514. The molecule has 1 aromatic heterocycles. The van der Waals surface area contributed by atoms with Gasteiger partial charge < -0.3 is 15.6 Å². The molecule has 3 rings (SSSR count). The fourth-order valence-electron chi connectivity index (χ4n) is 2.81. The van der Waals surface area contributed by atoms with Crippen LogP contribution in [0, 0.1) is 5.92 Å². The van der Waals surface area contributed by atoms with E-state index < -0.39 is 23.8 Å². The summed E-state index contributed by atoms with van der Waals surface area (Å²) in [5, 5.41) is 5.00. The first-order chi connectivity index (χ1) is 12.8. The number of rotatable bonds is 4. The van der Waals surface area contributed by atoms with Gasteiger partial charge in [-0.05, 0) is 30.2 Å². The number of fused-ring (bicyclic) bond motifs is 1. The van der Waals surface area contributed by atoms with E-state index in [1.165, 1.54) is 18.2 Å². The van der Waals surface area contributed by atoms with E-state index in [-0.39, 0.29) is 11.6 Å². The number of benzene rings is 2. The number of halogens is 3. The van der Waals surface area contributed by atoms with Crippen LogP contribution in [0.15, 0.2) is 48.5 Å². The van der Waals surface area contributed by atoms with Crippen molar-refractivity contribution in [2.45, 2.75) is 26.1 Å². The van der Waals surface area contributed by atoms with Crippen LogP contribution in [0.25, 0.3) is 11.0 Å². The second-order valence-electron chi connectivity index (χ2n) is 6.50. The molecule has 3 N–H and O–H groups in total. The van der Waals surface area contributed by atoms with E-state index in [0.717, 1.165) is 17.1 Å². The van der Waals surface area contributed by atoms with Crippen LogP contribution in [0.5, 0.6) is 0 Å². The molecule has 2 amide bonds. The maximum absolute atomic E-state index is 13.1. The molecule has 2 aromatic carbocycles. The summed E-state index contributed by atoms with van der Waals surface area (Å²) < 4.78 is 39.3. The number of aromatic amines is 1. The van der Waals surface area contributed by atoms with Crippen molar-refractivity contribution in [3.8, 4) is 0 Å². The lowest BCUT2D eigenvalue weighted by molar-refractivity contribution is -0.136. The predicted molar refractivity (Wildman–Crippen MR) is 97.3 cm³/mol. The molecular formula is C19H19F3N4O. The molecule has 1 unspecified atom stereocenters. The average Bonchev–Trinajstić information content (AvgIpc) is 3.02. The van der Waals surface area contributed by atoms with Gasteiger partial charge >= 0.3 is 12.2 Å². The van der Waals surface area contributed by atoms with Crippen molar-refractivity contribution >= 4 is 22.8 Å². The zero-order chi connectivity index (χ0) is 19.6. The molecule has 0 spiro atoms. The van der Waals surface area contributed by atoms with Crippen LogP contribution in [0.1, 0.15) is 31.3 Å². The second-order valence-corrected chi connectivity index (χ2v) is 6.50. The van der Waals surface area contributed by atoms with Crippen molar-refractivity contribution < 1.29 is 18.0 Å². The topological polar surface area (TPSA) is 69.8 Å².